The van der Waals surface area contributed by atoms with Crippen LogP contribution in [0.15, 0.2) is 59.1 Å². The van der Waals surface area contributed by atoms with Crippen molar-refractivity contribution in [2.45, 2.75) is 51.2 Å². The van der Waals surface area contributed by atoms with Gasteiger partial charge in [-0.2, -0.15) is 12.7 Å². The summed E-state index contributed by atoms with van der Waals surface area (Å²) in [6, 6.07) is 15.3. The van der Waals surface area contributed by atoms with Crippen molar-refractivity contribution >= 4 is 43.6 Å². The molecule has 1 fully saturated rings. The van der Waals surface area contributed by atoms with Gasteiger partial charge in [-0.1, -0.05) is 59.1 Å². The molecule has 0 radical (unpaired) electrons. The standard InChI is InChI=1S/C25H33BrN4O4S/c1-19(25(32)27-22-9-7-8-10-22)29(17-20-13-15-21(26)16-14-20)24(31)18-30(35(33,34)28(2)3)23-11-5-4-6-12-23/h4-6,11-16,19,22H,7-10,17-18H2,1-3H3,(H,27,32). The van der Waals surface area contributed by atoms with Crippen LogP contribution >= 0.6 is 15.9 Å². The van der Waals surface area contributed by atoms with Crippen LogP contribution in [-0.2, 0) is 26.3 Å². The molecular formula is C25H33BrN4O4S. The van der Waals surface area contributed by atoms with Crippen molar-refractivity contribution in [1.82, 2.24) is 14.5 Å². The fourth-order valence-corrected chi connectivity index (χ4v) is 5.39. The second kappa shape index (κ2) is 12.0. The minimum Gasteiger partial charge on any atom is -0.352 e. The van der Waals surface area contributed by atoms with Crippen LogP contribution in [0.3, 0.4) is 0 Å². The largest absolute Gasteiger partial charge is 0.352 e. The van der Waals surface area contributed by atoms with Crippen LogP contribution in [0.5, 0.6) is 0 Å². The highest BCUT2D eigenvalue weighted by Crippen LogP contribution is 2.22. The maximum atomic E-state index is 13.7. The van der Waals surface area contributed by atoms with E-state index < -0.39 is 28.7 Å². The van der Waals surface area contributed by atoms with Gasteiger partial charge in [0.15, 0.2) is 0 Å². The summed E-state index contributed by atoms with van der Waals surface area (Å²) in [6.45, 7) is 1.44. The molecule has 0 aromatic heterocycles. The monoisotopic (exact) mass is 564 g/mol. The summed E-state index contributed by atoms with van der Waals surface area (Å²) in [7, 11) is -1.10. The number of hydrogen-bond donors (Lipinski definition) is 1. The summed E-state index contributed by atoms with van der Waals surface area (Å²) in [5.74, 6) is -0.694. The van der Waals surface area contributed by atoms with Crippen LogP contribution in [0, 0.1) is 0 Å². The first-order valence-corrected chi connectivity index (χ1v) is 13.9. The fourth-order valence-electron chi connectivity index (χ4n) is 4.07. The van der Waals surface area contributed by atoms with Gasteiger partial charge in [-0.15, -0.1) is 0 Å². The number of halogens is 1. The lowest BCUT2D eigenvalue weighted by Gasteiger charge is -2.33. The Hall–Kier alpha value is -2.43. The van der Waals surface area contributed by atoms with E-state index in [2.05, 4.69) is 21.2 Å². The molecule has 8 nitrogen and oxygen atoms in total. The van der Waals surface area contributed by atoms with Gasteiger partial charge in [0.05, 0.1) is 5.69 Å². The van der Waals surface area contributed by atoms with Gasteiger partial charge in [-0.05, 0) is 49.6 Å². The minimum atomic E-state index is -3.95. The Balaban J connectivity index is 1.89. The highest BCUT2D eigenvalue weighted by atomic mass is 79.9. The average Bonchev–Trinajstić information content (AvgIpc) is 3.35. The van der Waals surface area contributed by atoms with E-state index >= 15 is 0 Å². The van der Waals surface area contributed by atoms with Gasteiger partial charge < -0.3 is 10.2 Å². The van der Waals surface area contributed by atoms with Crippen molar-refractivity contribution in [1.29, 1.82) is 0 Å². The van der Waals surface area contributed by atoms with E-state index in [9.17, 15) is 18.0 Å². The number of rotatable bonds is 10. The summed E-state index contributed by atoms with van der Waals surface area (Å²) in [4.78, 5) is 28.2. The molecule has 10 heteroatoms. The summed E-state index contributed by atoms with van der Waals surface area (Å²) >= 11 is 3.41. The highest BCUT2D eigenvalue weighted by molar-refractivity contribution is 9.10. The Morgan fingerprint density at radius 1 is 1.03 bits per heavy atom. The summed E-state index contributed by atoms with van der Waals surface area (Å²) in [5.41, 5.74) is 1.21. The first kappa shape index (κ1) is 27.2. The molecule has 0 spiro atoms. The lowest BCUT2D eigenvalue weighted by molar-refractivity contribution is -0.139. The Kier molecular flexibility index (Phi) is 9.32. The quantitative estimate of drug-likeness (QED) is 0.478. The molecule has 2 aromatic carbocycles. The zero-order valence-corrected chi connectivity index (χ0v) is 22.8. The van der Waals surface area contributed by atoms with Gasteiger partial charge in [0.2, 0.25) is 11.8 Å². The minimum absolute atomic E-state index is 0.115. The molecule has 1 unspecified atom stereocenters. The predicted octanol–water partition coefficient (Wildman–Crippen LogP) is 3.54. The van der Waals surface area contributed by atoms with E-state index in [-0.39, 0.29) is 18.5 Å². The maximum Gasteiger partial charge on any atom is 0.304 e. The second-order valence-electron chi connectivity index (χ2n) is 8.95. The van der Waals surface area contributed by atoms with Crippen LogP contribution < -0.4 is 9.62 Å². The van der Waals surface area contributed by atoms with Gasteiger partial charge in [0.25, 0.3) is 0 Å². The normalized spacial score (nSPS) is 15.1. The molecule has 0 bridgehead atoms. The third-order valence-electron chi connectivity index (χ3n) is 6.20. The number of carbonyl (C=O) groups is 2. The van der Waals surface area contributed by atoms with Gasteiger partial charge in [0, 0.05) is 31.2 Å². The molecule has 190 valence electrons. The van der Waals surface area contributed by atoms with Crippen molar-refractivity contribution < 1.29 is 18.0 Å². The second-order valence-corrected chi connectivity index (χ2v) is 11.9. The molecule has 0 saturated heterocycles. The molecule has 1 aliphatic carbocycles. The van der Waals surface area contributed by atoms with Gasteiger partial charge in [0.1, 0.15) is 12.6 Å². The Bertz CT molecular complexity index is 1100. The molecule has 2 aromatic rings. The molecule has 1 atom stereocenters. The van der Waals surface area contributed by atoms with E-state index in [1.54, 1.807) is 37.3 Å². The average molecular weight is 566 g/mol. The van der Waals surface area contributed by atoms with Gasteiger partial charge in [-0.3, -0.25) is 9.59 Å². The Labute approximate surface area is 216 Å². The van der Waals surface area contributed by atoms with Crippen molar-refractivity contribution in [3.05, 3.63) is 64.6 Å². The number of hydrogen-bond acceptors (Lipinski definition) is 4. The Morgan fingerprint density at radius 3 is 2.20 bits per heavy atom. The smallest absolute Gasteiger partial charge is 0.304 e. The molecule has 0 aliphatic heterocycles. The van der Waals surface area contributed by atoms with E-state index in [0.717, 1.165) is 44.3 Å². The van der Waals surface area contributed by atoms with E-state index in [0.29, 0.717) is 5.69 Å². The van der Waals surface area contributed by atoms with Crippen molar-refractivity contribution in [2.75, 3.05) is 24.9 Å². The first-order chi connectivity index (χ1) is 16.6. The third-order valence-corrected chi connectivity index (χ3v) is 8.55. The topological polar surface area (TPSA) is 90.0 Å². The number of anilines is 1. The van der Waals surface area contributed by atoms with E-state index in [1.807, 2.05) is 24.3 Å². The van der Waals surface area contributed by atoms with Crippen LogP contribution in [0.2, 0.25) is 0 Å². The zero-order chi connectivity index (χ0) is 25.6. The van der Waals surface area contributed by atoms with Crippen molar-refractivity contribution in [3.63, 3.8) is 0 Å². The summed E-state index contributed by atoms with van der Waals surface area (Å²) < 4.78 is 29.3. The number of benzene rings is 2. The van der Waals surface area contributed by atoms with Crippen LogP contribution in [-0.4, -0.2) is 62.2 Å². The molecule has 0 heterocycles. The first-order valence-electron chi connectivity index (χ1n) is 11.7. The van der Waals surface area contributed by atoms with Crippen molar-refractivity contribution in [2.24, 2.45) is 0 Å². The Morgan fingerprint density at radius 2 is 1.63 bits per heavy atom. The van der Waals surface area contributed by atoms with Crippen LogP contribution in [0.25, 0.3) is 0 Å². The highest BCUT2D eigenvalue weighted by Gasteiger charge is 2.33. The molecule has 3 rings (SSSR count). The molecule has 1 aliphatic rings. The SMILES string of the molecule is CC(C(=O)NC1CCCC1)N(Cc1ccc(Br)cc1)C(=O)CN(c1ccccc1)S(=O)(=O)N(C)C. The lowest BCUT2D eigenvalue weighted by Crippen LogP contribution is -2.53. The molecule has 35 heavy (non-hydrogen) atoms. The number of nitrogens with zero attached hydrogens (tertiary/aromatic N) is 3. The predicted molar refractivity (Wildman–Crippen MR) is 141 cm³/mol. The van der Waals surface area contributed by atoms with Crippen LogP contribution in [0.1, 0.15) is 38.2 Å². The number of nitrogens with one attached hydrogen (secondary N) is 1. The lowest BCUT2D eigenvalue weighted by atomic mass is 10.1. The maximum absolute atomic E-state index is 13.7. The van der Waals surface area contributed by atoms with E-state index in [4.69, 9.17) is 0 Å². The number of carbonyl (C=O) groups excluding carboxylic acids is 2. The fraction of sp³-hybridized carbons (Fsp3) is 0.440. The van der Waals surface area contributed by atoms with Crippen LogP contribution in [0.4, 0.5) is 5.69 Å². The van der Waals surface area contributed by atoms with Gasteiger partial charge >= 0.3 is 10.2 Å². The summed E-state index contributed by atoms with van der Waals surface area (Å²) in [5, 5.41) is 3.06. The van der Waals surface area contributed by atoms with E-state index in [1.165, 1.54) is 19.0 Å². The molecular weight excluding hydrogens is 532 g/mol. The summed E-state index contributed by atoms with van der Waals surface area (Å²) in [6.07, 6.45) is 4.02. The zero-order valence-electron chi connectivity index (χ0n) is 20.4. The third kappa shape index (κ3) is 7.05. The number of para-hydroxylation sites is 1. The van der Waals surface area contributed by atoms with Gasteiger partial charge in [-0.25, -0.2) is 4.31 Å². The number of amides is 2. The van der Waals surface area contributed by atoms with Crippen molar-refractivity contribution in [3.8, 4) is 0 Å². The molecule has 1 saturated carbocycles. The molecule has 2 amide bonds. The molecule has 1 N–H and O–H groups in total.